The molecule has 5 nitrogen and oxygen atoms in total. The molecule has 2 aliphatic heterocycles. The third-order valence-electron chi connectivity index (χ3n) is 5.09. The van der Waals surface area contributed by atoms with Gasteiger partial charge in [0.2, 0.25) is 0 Å². The monoisotopic (exact) mass is 342 g/mol. The van der Waals surface area contributed by atoms with E-state index in [0.717, 1.165) is 22.6 Å². The maximum atomic E-state index is 5.86. The lowest BCUT2D eigenvalue weighted by atomic mass is 9.80. The Labute approximate surface area is 147 Å². The summed E-state index contributed by atoms with van der Waals surface area (Å²) in [7, 11) is 3.29. The lowest BCUT2D eigenvalue weighted by Crippen LogP contribution is -2.34. The number of fused-ring (bicyclic) bond motifs is 1. The summed E-state index contributed by atoms with van der Waals surface area (Å²) in [6, 6.07) is 15.9. The highest BCUT2D eigenvalue weighted by atomic mass is 17.2. The molecule has 0 aliphatic carbocycles. The van der Waals surface area contributed by atoms with E-state index in [0.29, 0.717) is 13.2 Å². The Morgan fingerprint density at radius 1 is 0.840 bits per heavy atom. The predicted octanol–water partition coefficient (Wildman–Crippen LogP) is 3.71. The van der Waals surface area contributed by atoms with Crippen LogP contribution in [0.4, 0.5) is 0 Å². The highest BCUT2D eigenvalue weighted by Crippen LogP contribution is 2.49. The average molecular weight is 342 g/mol. The fourth-order valence-electron chi connectivity index (χ4n) is 3.76. The van der Waals surface area contributed by atoms with E-state index in [1.807, 2.05) is 36.4 Å². The first-order valence-corrected chi connectivity index (χ1v) is 8.48. The van der Waals surface area contributed by atoms with Gasteiger partial charge in [-0.2, -0.15) is 0 Å². The molecule has 2 heterocycles. The van der Waals surface area contributed by atoms with Crippen LogP contribution in [0.2, 0.25) is 0 Å². The lowest BCUT2D eigenvalue weighted by Gasteiger charge is -2.37. The maximum Gasteiger partial charge on any atom is 0.128 e. The molecule has 2 aliphatic rings. The zero-order chi connectivity index (χ0) is 17.2. The van der Waals surface area contributed by atoms with Crippen molar-refractivity contribution in [1.29, 1.82) is 0 Å². The summed E-state index contributed by atoms with van der Waals surface area (Å²) in [6.07, 6.45) is -0.345. The summed E-state index contributed by atoms with van der Waals surface area (Å²) < 4.78 is 16.6. The second-order valence-electron chi connectivity index (χ2n) is 6.42. The first kappa shape index (κ1) is 16.4. The minimum absolute atomic E-state index is 0.116. The summed E-state index contributed by atoms with van der Waals surface area (Å²) in [6.45, 7) is 1.32. The van der Waals surface area contributed by atoms with Crippen LogP contribution in [0.3, 0.4) is 0 Å². The van der Waals surface area contributed by atoms with Crippen LogP contribution in [0, 0.1) is 11.8 Å². The number of benzene rings is 2. The van der Waals surface area contributed by atoms with E-state index in [1.165, 1.54) is 0 Å². The Bertz CT molecular complexity index is 717. The fourth-order valence-corrected chi connectivity index (χ4v) is 3.76. The van der Waals surface area contributed by atoms with E-state index >= 15 is 0 Å². The molecule has 2 saturated heterocycles. The Hall–Kier alpha value is -2.08. The topological polar surface area (TPSA) is 46.2 Å². The molecule has 4 atom stereocenters. The standard InChI is InChI=1S/C20H22O5/c1-21-14-8-9-15(18(10-14)22-2)20-17-12-23-11-16(17)19(24-25-20)13-6-4-3-5-7-13/h3-10,16-17,19-20H,11-12H2,1-2H3/t16-,17-,19-,20+/m0/s1. The SMILES string of the molecule is COc1ccc([C@H]2OO[C@@H](c3ccccc3)[C@H]3COC[C@@H]32)c(OC)c1. The number of rotatable bonds is 4. The van der Waals surface area contributed by atoms with Crippen molar-refractivity contribution in [2.75, 3.05) is 27.4 Å². The van der Waals surface area contributed by atoms with Gasteiger partial charge in [0.05, 0.1) is 27.4 Å². The lowest BCUT2D eigenvalue weighted by molar-refractivity contribution is -0.403. The van der Waals surface area contributed by atoms with Crippen molar-refractivity contribution < 1.29 is 24.0 Å². The van der Waals surface area contributed by atoms with Gasteiger partial charge in [-0.3, -0.25) is 0 Å². The van der Waals surface area contributed by atoms with Gasteiger partial charge in [-0.25, -0.2) is 9.78 Å². The molecule has 0 radical (unpaired) electrons. The zero-order valence-electron chi connectivity index (χ0n) is 14.4. The molecular formula is C20H22O5. The Morgan fingerprint density at radius 3 is 2.28 bits per heavy atom. The van der Waals surface area contributed by atoms with Crippen molar-refractivity contribution in [1.82, 2.24) is 0 Å². The summed E-state index contributed by atoms with van der Waals surface area (Å²) in [5.41, 5.74) is 2.07. The normalized spacial score (nSPS) is 28.4. The molecular weight excluding hydrogens is 320 g/mol. The van der Waals surface area contributed by atoms with Gasteiger partial charge >= 0.3 is 0 Å². The number of hydrogen-bond donors (Lipinski definition) is 0. The molecule has 4 rings (SSSR count). The number of methoxy groups -OCH3 is 2. The van der Waals surface area contributed by atoms with E-state index in [-0.39, 0.29) is 24.0 Å². The van der Waals surface area contributed by atoms with Crippen molar-refractivity contribution in [3.8, 4) is 11.5 Å². The van der Waals surface area contributed by atoms with Crippen LogP contribution < -0.4 is 9.47 Å². The summed E-state index contributed by atoms with van der Waals surface area (Å²) in [5, 5.41) is 0. The third kappa shape index (κ3) is 2.99. The van der Waals surface area contributed by atoms with Crippen molar-refractivity contribution in [2.45, 2.75) is 12.2 Å². The molecule has 0 amide bonds. The highest BCUT2D eigenvalue weighted by molar-refractivity contribution is 5.42. The highest BCUT2D eigenvalue weighted by Gasteiger charge is 2.47. The zero-order valence-corrected chi connectivity index (χ0v) is 14.4. The van der Waals surface area contributed by atoms with Crippen LogP contribution in [-0.2, 0) is 14.5 Å². The molecule has 0 aromatic heterocycles. The Kier molecular flexibility index (Phi) is 4.61. The van der Waals surface area contributed by atoms with E-state index in [1.54, 1.807) is 14.2 Å². The molecule has 2 aromatic carbocycles. The van der Waals surface area contributed by atoms with Gasteiger partial charge in [-0.15, -0.1) is 0 Å². The van der Waals surface area contributed by atoms with Crippen molar-refractivity contribution in [3.05, 3.63) is 59.7 Å². The first-order valence-electron chi connectivity index (χ1n) is 8.48. The molecule has 0 spiro atoms. The molecule has 132 valence electrons. The van der Waals surface area contributed by atoms with E-state index in [2.05, 4.69) is 12.1 Å². The number of ether oxygens (including phenoxy) is 3. The van der Waals surface area contributed by atoms with Crippen molar-refractivity contribution in [2.24, 2.45) is 11.8 Å². The largest absolute Gasteiger partial charge is 0.497 e. The predicted molar refractivity (Wildman–Crippen MR) is 91.4 cm³/mol. The minimum Gasteiger partial charge on any atom is -0.497 e. The number of hydrogen-bond acceptors (Lipinski definition) is 5. The summed E-state index contributed by atoms with van der Waals surface area (Å²) in [4.78, 5) is 11.7. The fraction of sp³-hybridized carbons (Fsp3) is 0.400. The second kappa shape index (κ2) is 7.04. The van der Waals surface area contributed by atoms with Gasteiger partial charge in [-0.05, 0) is 17.7 Å². The van der Waals surface area contributed by atoms with Gasteiger partial charge in [-0.1, -0.05) is 30.3 Å². The third-order valence-corrected chi connectivity index (χ3v) is 5.09. The summed E-state index contributed by atoms with van der Waals surface area (Å²) in [5.74, 6) is 1.93. The maximum absolute atomic E-state index is 5.86. The van der Waals surface area contributed by atoms with E-state index in [4.69, 9.17) is 24.0 Å². The molecule has 0 saturated carbocycles. The van der Waals surface area contributed by atoms with Crippen LogP contribution in [0.5, 0.6) is 11.5 Å². The minimum atomic E-state index is -0.228. The molecule has 25 heavy (non-hydrogen) atoms. The van der Waals surface area contributed by atoms with Gasteiger partial charge in [0, 0.05) is 23.5 Å². The van der Waals surface area contributed by atoms with Gasteiger partial charge < -0.3 is 14.2 Å². The van der Waals surface area contributed by atoms with E-state index in [9.17, 15) is 0 Å². The second-order valence-corrected chi connectivity index (χ2v) is 6.42. The average Bonchev–Trinajstić information content (AvgIpc) is 3.17. The van der Waals surface area contributed by atoms with Gasteiger partial charge in [0.1, 0.15) is 23.7 Å². The molecule has 0 N–H and O–H groups in total. The molecule has 0 bridgehead atoms. The molecule has 2 aromatic rings. The summed E-state index contributed by atoms with van der Waals surface area (Å²) >= 11 is 0. The van der Waals surface area contributed by atoms with Crippen molar-refractivity contribution in [3.63, 3.8) is 0 Å². The Morgan fingerprint density at radius 2 is 1.56 bits per heavy atom. The smallest absolute Gasteiger partial charge is 0.128 e. The molecule has 5 heteroatoms. The van der Waals surface area contributed by atoms with Crippen LogP contribution in [-0.4, -0.2) is 27.4 Å². The van der Waals surface area contributed by atoms with Gasteiger partial charge in [0.15, 0.2) is 0 Å². The molecule has 2 fully saturated rings. The Balaban J connectivity index is 1.64. The quantitative estimate of drug-likeness (QED) is 0.793. The van der Waals surface area contributed by atoms with Gasteiger partial charge in [0.25, 0.3) is 0 Å². The van der Waals surface area contributed by atoms with Crippen LogP contribution in [0.15, 0.2) is 48.5 Å². The molecule has 0 unspecified atom stereocenters. The van der Waals surface area contributed by atoms with Crippen LogP contribution in [0.25, 0.3) is 0 Å². The van der Waals surface area contributed by atoms with Crippen LogP contribution in [0.1, 0.15) is 23.3 Å². The van der Waals surface area contributed by atoms with E-state index < -0.39 is 0 Å². The first-order chi connectivity index (χ1) is 12.3. The van der Waals surface area contributed by atoms with Crippen molar-refractivity contribution >= 4 is 0 Å². The van der Waals surface area contributed by atoms with Crippen LogP contribution >= 0.6 is 0 Å².